The summed E-state index contributed by atoms with van der Waals surface area (Å²) in [6.45, 7) is 8.34. The van der Waals surface area contributed by atoms with E-state index in [1.54, 1.807) is 6.08 Å². The van der Waals surface area contributed by atoms with Crippen molar-refractivity contribution in [2.24, 2.45) is 0 Å². The first-order chi connectivity index (χ1) is 14.3. The molecule has 0 unspecified atom stereocenters. The molecule has 1 heterocycles. The van der Waals surface area contributed by atoms with E-state index >= 15 is 0 Å². The molecule has 2 aromatic carbocycles. The Morgan fingerprint density at radius 3 is 2.40 bits per heavy atom. The molecule has 2 aromatic rings. The molecule has 0 aliphatic carbocycles. The Hall–Kier alpha value is -2.64. The third-order valence-electron chi connectivity index (χ3n) is 4.61. The van der Waals surface area contributed by atoms with Crippen LogP contribution in [0.3, 0.4) is 0 Å². The van der Waals surface area contributed by atoms with Crippen molar-refractivity contribution < 1.29 is 14.3 Å². The van der Waals surface area contributed by atoms with E-state index in [0.717, 1.165) is 33.7 Å². The van der Waals surface area contributed by atoms with Crippen LogP contribution in [0.2, 0.25) is 0 Å². The van der Waals surface area contributed by atoms with E-state index in [-0.39, 0.29) is 18.4 Å². The van der Waals surface area contributed by atoms with Gasteiger partial charge < -0.3 is 10.1 Å². The maximum Gasteiger partial charge on any atom is 0.266 e. The highest BCUT2D eigenvalue weighted by Gasteiger charge is 2.33. The largest absolute Gasteiger partial charge is 0.494 e. The lowest BCUT2D eigenvalue weighted by molar-refractivity contribution is -0.126. The maximum atomic E-state index is 12.8. The monoisotopic (exact) mass is 440 g/mol. The van der Waals surface area contributed by atoms with Crippen molar-refractivity contribution in [1.82, 2.24) is 4.90 Å². The number of carbonyl (C=O) groups excluding carboxylic acids is 2. The predicted molar refractivity (Wildman–Crippen MR) is 127 cm³/mol. The van der Waals surface area contributed by atoms with Gasteiger partial charge in [0.25, 0.3) is 5.91 Å². The second kappa shape index (κ2) is 9.45. The molecule has 1 N–H and O–H groups in total. The topological polar surface area (TPSA) is 58.6 Å². The molecule has 0 saturated carbocycles. The Kier molecular flexibility index (Phi) is 6.95. The summed E-state index contributed by atoms with van der Waals surface area (Å²) < 4.78 is 5.81. The van der Waals surface area contributed by atoms with Crippen molar-refractivity contribution in [3.8, 4) is 5.75 Å². The fourth-order valence-electron chi connectivity index (χ4n) is 3.31. The average molecular weight is 441 g/mol. The standard InChI is InChI=1S/C23H24N2O3S2/c1-5-28-18-8-6-17(7-9-18)12-19-22(27)25(23(29)30-19)13-20(26)24-21-15(3)10-14(2)11-16(21)4/h6-12H,5,13H2,1-4H3,(H,24,26)/b19-12+. The van der Waals surface area contributed by atoms with Crippen LogP contribution in [0.5, 0.6) is 5.75 Å². The van der Waals surface area contributed by atoms with Crippen LogP contribution in [0.15, 0.2) is 41.3 Å². The van der Waals surface area contributed by atoms with Gasteiger partial charge in [0.15, 0.2) is 0 Å². The predicted octanol–water partition coefficient (Wildman–Crippen LogP) is 4.85. The average Bonchev–Trinajstić information content (AvgIpc) is 2.94. The SMILES string of the molecule is CCOc1ccc(/C=C2/SC(=S)N(CC(=O)Nc3c(C)cc(C)cc3C)C2=O)cc1. The van der Waals surface area contributed by atoms with Crippen LogP contribution in [0.1, 0.15) is 29.2 Å². The first-order valence-electron chi connectivity index (χ1n) is 9.64. The lowest BCUT2D eigenvalue weighted by Gasteiger charge is -2.17. The molecule has 1 saturated heterocycles. The van der Waals surface area contributed by atoms with Gasteiger partial charge in [0.05, 0.1) is 11.5 Å². The molecular weight excluding hydrogens is 416 g/mol. The van der Waals surface area contributed by atoms with Crippen LogP contribution in [0.25, 0.3) is 6.08 Å². The van der Waals surface area contributed by atoms with Crippen LogP contribution in [-0.4, -0.2) is 34.2 Å². The van der Waals surface area contributed by atoms with Crippen LogP contribution < -0.4 is 10.1 Å². The van der Waals surface area contributed by atoms with Crippen molar-refractivity contribution in [1.29, 1.82) is 0 Å². The van der Waals surface area contributed by atoms with E-state index in [1.807, 2.05) is 64.1 Å². The first kappa shape index (κ1) is 22.1. The van der Waals surface area contributed by atoms with Crippen molar-refractivity contribution in [2.45, 2.75) is 27.7 Å². The molecular formula is C23H24N2O3S2. The lowest BCUT2D eigenvalue weighted by Crippen LogP contribution is -2.36. The third-order valence-corrected chi connectivity index (χ3v) is 5.98. The summed E-state index contributed by atoms with van der Waals surface area (Å²) in [6, 6.07) is 11.5. The van der Waals surface area contributed by atoms with Gasteiger partial charge in [0.2, 0.25) is 5.91 Å². The number of thiocarbonyl (C=S) groups is 1. The third kappa shape index (κ3) is 5.09. The van der Waals surface area contributed by atoms with Crippen LogP contribution in [0.4, 0.5) is 5.69 Å². The Morgan fingerprint density at radius 1 is 1.17 bits per heavy atom. The van der Waals surface area contributed by atoms with Crippen molar-refractivity contribution in [3.05, 3.63) is 63.6 Å². The maximum absolute atomic E-state index is 12.8. The summed E-state index contributed by atoms with van der Waals surface area (Å²) in [7, 11) is 0. The Balaban J connectivity index is 1.69. The molecule has 0 spiro atoms. The number of ether oxygens (including phenoxy) is 1. The number of rotatable bonds is 6. The van der Waals surface area contributed by atoms with Gasteiger partial charge in [0, 0.05) is 5.69 Å². The molecule has 0 bridgehead atoms. The van der Waals surface area contributed by atoms with E-state index in [1.165, 1.54) is 16.7 Å². The van der Waals surface area contributed by atoms with Gasteiger partial charge in [-0.1, -0.05) is 53.8 Å². The number of anilines is 1. The Bertz CT molecular complexity index is 1010. The molecule has 30 heavy (non-hydrogen) atoms. The van der Waals surface area contributed by atoms with Crippen molar-refractivity contribution >= 4 is 51.9 Å². The highest BCUT2D eigenvalue weighted by molar-refractivity contribution is 8.26. The van der Waals surface area contributed by atoms with E-state index in [4.69, 9.17) is 17.0 Å². The molecule has 1 aliphatic rings. The molecule has 3 rings (SSSR count). The van der Waals surface area contributed by atoms with Crippen molar-refractivity contribution in [3.63, 3.8) is 0 Å². The van der Waals surface area contributed by atoms with Crippen molar-refractivity contribution in [2.75, 3.05) is 18.5 Å². The zero-order valence-corrected chi connectivity index (χ0v) is 19.1. The number of thioether (sulfide) groups is 1. The molecule has 1 aliphatic heterocycles. The van der Waals surface area contributed by atoms with Crippen LogP contribution in [0, 0.1) is 20.8 Å². The smallest absolute Gasteiger partial charge is 0.266 e. The van der Waals surface area contributed by atoms with Gasteiger partial charge in [-0.15, -0.1) is 0 Å². The normalized spacial score (nSPS) is 15.1. The number of amides is 2. The lowest BCUT2D eigenvalue weighted by atomic mass is 10.1. The number of hydrogen-bond donors (Lipinski definition) is 1. The summed E-state index contributed by atoms with van der Waals surface area (Å²) in [5.74, 6) is 0.246. The highest BCUT2D eigenvalue weighted by atomic mass is 32.2. The minimum atomic E-state index is -0.274. The number of carbonyl (C=O) groups is 2. The van der Waals surface area contributed by atoms with Gasteiger partial charge >= 0.3 is 0 Å². The quantitative estimate of drug-likeness (QED) is 0.514. The summed E-state index contributed by atoms with van der Waals surface area (Å²) in [4.78, 5) is 27.2. The minimum Gasteiger partial charge on any atom is -0.494 e. The number of nitrogens with zero attached hydrogens (tertiary/aromatic N) is 1. The molecule has 1 fully saturated rings. The van der Waals surface area contributed by atoms with Gasteiger partial charge in [-0.25, -0.2) is 0 Å². The number of aryl methyl sites for hydroxylation is 3. The number of benzene rings is 2. The minimum absolute atomic E-state index is 0.113. The fraction of sp³-hybridized carbons (Fsp3) is 0.261. The molecule has 5 nitrogen and oxygen atoms in total. The molecule has 2 amide bonds. The van der Waals surface area contributed by atoms with E-state index in [2.05, 4.69) is 5.32 Å². The first-order valence-corrected chi connectivity index (χ1v) is 10.9. The molecule has 7 heteroatoms. The van der Waals surface area contributed by atoms with Gasteiger partial charge in [-0.05, 0) is 62.6 Å². The highest BCUT2D eigenvalue weighted by Crippen LogP contribution is 2.33. The number of nitrogens with one attached hydrogen (secondary N) is 1. The molecule has 0 atom stereocenters. The van der Waals surface area contributed by atoms with Crippen LogP contribution >= 0.6 is 24.0 Å². The van der Waals surface area contributed by atoms with Gasteiger partial charge in [-0.2, -0.15) is 0 Å². The summed E-state index contributed by atoms with van der Waals surface area (Å²) >= 11 is 6.55. The summed E-state index contributed by atoms with van der Waals surface area (Å²) in [5.41, 5.74) is 4.76. The van der Waals surface area contributed by atoms with Gasteiger partial charge in [0.1, 0.15) is 16.6 Å². The van der Waals surface area contributed by atoms with E-state index in [0.29, 0.717) is 15.8 Å². The van der Waals surface area contributed by atoms with E-state index in [9.17, 15) is 9.59 Å². The fourth-order valence-corrected chi connectivity index (χ4v) is 4.57. The second-order valence-electron chi connectivity index (χ2n) is 7.09. The zero-order valence-electron chi connectivity index (χ0n) is 17.4. The zero-order chi connectivity index (χ0) is 21.8. The van der Waals surface area contributed by atoms with E-state index < -0.39 is 0 Å². The molecule has 0 aromatic heterocycles. The number of hydrogen-bond acceptors (Lipinski definition) is 5. The van der Waals surface area contributed by atoms with Crippen LogP contribution in [-0.2, 0) is 9.59 Å². The van der Waals surface area contributed by atoms with Gasteiger partial charge in [-0.3, -0.25) is 14.5 Å². The summed E-state index contributed by atoms with van der Waals surface area (Å²) in [5, 5.41) is 2.92. The summed E-state index contributed by atoms with van der Waals surface area (Å²) in [6.07, 6.45) is 1.78. The second-order valence-corrected chi connectivity index (χ2v) is 8.77. The Morgan fingerprint density at radius 2 is 1.80 bits per heavy atom. The molecule has 156 valence electrons. The Labute approximate surface area is 186 Å². The molecule has 0 radical (unpaired) electrons.